The van der Waals surface area contributed by atoms with Crippen molar-refractivity contribution in [3.63, 3.8) is 0 Å². The van der Waals surface area contributed by atoms with Crippen LogP contribution >= 0.6 is 0 Å². The van der Waals surface area contributed by atoms with Crippen LogP contribution in [0.4, 0.5) is 40.1 Å². The summed E-state index contributed by atoms with van der Waals surface area (Å²) in [5, 5.41) is 0. The van der Waals surface area contributed by atoms with Crippen LogP contribution in [0.3, 0.4) is 0 Å². The zero-order valence-corrected chi connectivity index (χ0v) is 31.1. The smallest absolute Gasteiger partial charge is 0.328 e. The lowest BCUT2D eigenvalue weighted by Gasteiger charge is -2.36. The maximum Gasteiger partial charge on any atom is 0.328 e. The molecule has 6 heteroatoms. The molecule has 4 heterocycles. The first-order valence-corrected chi connectivity index (χ1v) is 18.7. The Morgan fingerprint density at radius 3 is 1.77 bits per heavy atom. The number of fused-ring (bicyclic) bond motifs is 4. The third-order valence-electron chi connectivity index (χ3n) is 11.1. The molecule has 0 saturated carbocycles. The average molecular weight is 685 g/mol. The molecule has 5 aromatic carbocycles. The fourth-order valence-corrected chi connectivity index (χ4v) is 8.62. The summed E-state index contributed by atoms with van der Waals surface area (Å²) >= 11 is 0. The molecule has 0 amide bonds. The summed E-state index contributed by atoms with van der Waals surface area (Å²) in [4.78, 5) is 12.7. The first kappa shape index (κ1) is 32.3. The van der Waals surface area contributed by atoms with E-state index in [1.807, 2.05) is 30.5 Å². The fourth-order valence-electron chi connectivity index (χ4n) is 8.62. The molecule has 2 atom stereocenters. The van der Waals surface area contributed by atoms with Crippen LogP contribution in [0.1, 0.15) is 106 Å². The topological polar surface area (TPSA) is 35.7 Å². The Morgan fingerprint density at radius 2 is 1.17 bits per heavy atom. The van der Waals surface area contributed by atoms with Gasteiger partial charge < -0.3 is 9.64 Å². The second-order valence-electron chi connectivity index (χ2n) is 15.3. The molecule has 0 aliphatic carbocycles. The highest BCUT2D eigenvalue weighted by atomic mass is 16.5. The van der Waals surface area contributed by atoms with E-state index in [1.54, 1.807) is 0 Å². The van der Waals surface area contributed by atoms with E-state index in [9.17, 15) is 0 Å². The van der Waals surface area contributed by atoms with Crippen molar-refractivity contribution in [2.45, 2.75) is 78.4 Å². The predicted octanol–water partition coefficient (Wildman–Crippen LogP) is 12.2. The van der Waals surface area contributed by atoms with Gasteiger partial charge in [0.15, 0.2) is 11.5 Å². The predicted molar refractivity (Wildman–Crippen MR) is 212 cm³/mol. The second kappa shape index (κ2) is 12.3. The molecule has 3 aliphatic heterocycles. The van der Waals surface area contributed by atoms with Crippen molar-refractivity contribution in [1.29, 1.82) is 0 Å². The van der Waals surface area contributed by atoms with Gasteiger partial charge in [-0.2, -0.15) is 4.90 Å². The monoisotopic (exact) mass is 684 g/mol. The molecular formula is C46H46N5O+. The number of aromatic nitrogens is 2. The van der Waals surface area contributed by atoms with Gasteiger partial charge in [-0.3, -0.25) is 4.90 Å². The van der Waals surface area contributed by atoms with Crippen LogP contribution in [0.5, 0.6) is 11.5 Å². The van der Waals surface area contributed by atoms with E-state index in [1.165, 1.54) is 39.2 Å². The molecule has 0 spiro atoms. The summed E-state index contributed by atoms with van der Waals surface area (Å²) in [6.07, 6.45) is 3.98. The summed E-state index contributed by atoms with van der Waals surface area (Å²) in [5.74, 6) is 4.85. The minimum atomic E-state index is -0.169. The van der Waals surface area contributed by atoms with Gasteiger partial charge in [-0.1, -0.05) is 114 Å². The number of hydrogen-bond acceptors (Lipinski definition) is 5. The lowest BCUT2D eigenvalue weighted by molar-refractivity contribution is -0.699. The molecule has 0 N–H and O–H groups in total. The lowest BCUT2D eigenvalue weighted by atomic mass is 9.90. The molecule has 0 bridgehead atoms. The van der Waals surface area contributed by atoms with Gasteiger partial charge in [0.25, 0.3) is 0 Å². The summed E-state index contributed by atoms with van der Waals surface area (Å²) in [6, 6.07) is 39.7. The Kier molecular flexibility index (Phi) is 7.62. The molecule has 0 fully saturated rings. The molecule has 3 aliphatic rings. The van der Waals surface area contributed by atoms with E-state index >= 15 is 0 Å². The first-order chi connectivity index (χ1) is 25.2. The maximum absolute atomic E-state index is 6.35. The van der Waals surface area contributed by atoms with Crippen LogP contribution in [-0.2, 0) is 0 Å². The number of rotatable bonds is 6. The van der Waals surface area contributed by atoms with Crippen molar-refractivity contribution >= 4 is 40.1 Å². The number of anilines is 7. The molecule has 0 saturated heterocycles. The van der Waals surface area contributed by atoms with Crippen molar-refractivity contribution in [3.8, 4) is 11.5 Å². The minimum Gasteiger partial charge on any atom is -0.453 e. The van der Waals surface area contributed by atoms with Gasteiger partial charge in [0.2, 0.25) is 12.0 Å². The average Bonchev–Trinajstić information content (AvgIpc) is 3.50. The number of benzene rings is 5. The van der Waals surface area contributed by atoms with Crippen LogP contribution in [0.25, 0.3) is 0 Å². The maximum atomic E-state index is 6.35. The third-order valence-corrected chi connectivity index (χ3v) is 11.1. The SMILES string of the molecule is CC(C)c1cccc(C(C)C)c1N1c2ncc[n+]3c2N(c2c(C(C)C)cccc2C3C)C1c1ccc(N2c3ccccc3Oc3ccccc32)cc1. The molecule has 2 unspecified atom stereocenters. The highest BCUT2D eigenvalue weighted by Crippen LogP contribution is 2.58. The van der Waals surface area contributed by atoms with Gasteiger partial charge in [0, 0.05) is 22.4 Å². The van der Waals surface area contributed by atoms with Crippen LogP contribution in [-0.4, -0.2) is 4.98 Å². The van der Waals surface area contributed by atoms with Gasteiger partial charge in [-0.25, -0.2) is 9.55 Å². The first-order valence-electron chi connectivity index (χ1n) is 18.7. The summed E-state index contributed by atoms with van der Waals surface area (Å²) in [7, 11) is 0. The summed E-state index contributed by atoms with van der Waals surface area (Å²) in [5.41, 5.74) is 12.3. The minimum absolute atomic E-state index is 0.163. The van der Waals surface area contributed by atoms with E-state index < -0.39 is 0 Å². The Bertz CT molecular complexity index is 2260. The van der Waals surface area contributed by atoms with Crippen LogP contribution in [0.15, 0.2) is 122 Å². The number of ether oxygens (including phenoxy) is 1. The second-order valence-corrected chi connectivity index (χ2v) is 15.3. The number of para-hydroxylation sites is 6. The summed E-state index contributed by atoms with van der Waals surface area (Å²) < 4.78 is 8.78. The Labute approximate surface area is 307 Å². The summed E-state index contributed by atoms with van der Waals surface area (Å²) in [6.45, 7) is 16.2. The van der Waals surface area contributed by atoms with Gasteiger partial charge in [-0.15, -0.1) is 0 Å². The van der Waals surface area contributed by atoms with Gasteiger partial charge in [0.05, 0.1) is 23.3 Å². The molecule has 0 radical (unpaired) electrons. The lowest BCUT2D eigenvalue weighted by Crippen LogP contribution is -2.47. The largest absolute Gasteiger partial charge is 0.453 e. The zero-order chi connectivity index (χ0) is 35.8. The molecule has 6 nitrogen and oxygen atoms in total. The van der Waals surface area contributed by atoms with E-state index in [0.29, 0.717) is 17.8 Å². The van der Waals surface area contributed by atoms with E-state index in [2.05, 4.69) is 159 Å². The van der Waals surface area contributed by atoms with Crippen molar-refractivity contribution < 1.29 is 9.30 Å². The van der Waals surface area contributed by atoms with Gasteiger partial charge in [0.1, 0.15) is 17.9 Å². The van der Waals surface area contributed by atoms with Crippen molar-refractivity contribution in [1.82, 2.24) is 4.98 Å². The van der Waals surface area contributed by atoms with Crippen LogP contribution < -0.4 is 24.0 Å². The van der Waals surface area contributed by atoms with E-state index in [0.717, 1.165) is 40.2 Å². The third kappa shape index (κ3) is 4.77. The zero-order valence-electron chi connectivity index (χ0n) is 31.1. The number of hydrogen-bond donors (Lipinski definition) is 0. The molecule has 6 aromatic rings. The molecular weight excluding hydrogens is 639 g/mol. The number of nitrogens with zero attached hydrogens (tertiary/aromatic N) is 5. The molecule has 52 heavy (non-hydrogen) atoms. The molecule has 1 aromatic heterocycles. The Balaban J connectivity index is 1.29. The van der Waals surface area contributed by atoms with Crippen LogP contribution in [0.2, 0.25) is 0 Å². The standard InChI is InChI=1S/C46H46N5O/c1-28(2)34-14-12-15-35(29(3)4)42(34)50-44-46-48(27-26-47-44)31(7)37-17-13-16-36(30(5)6)43(37)51(46)45(50)32-22-24-33(25-23-32)49-38-18-8-10-20-40(38)52-41-21-11-9-19-39(41)49/h8-31,45H,1-7H3/q+1. The van der Waals surface area contributed by atoms with Crippen molar-refractivity contribution in [2.24, 2.45) is 0 Å². The highest BCUT2D eigenvalue weighted by molar-refractivity contribution is 5.89. The highest BCUT2D eigenvalue weighted by Gasteiger charge is 2.54. The van der Waals surface area contributed by atoms with Crippen molar-refractivity contribution in [3.05, 3.63) is 149 Å². The Hall–Kier alpha value is -5.62. The van der Waals surface area contributed by atoms with Crippen LogP contribution in [0, 0.1) is 0 Å². The van der Waals surface area contributed by atoms with Crippen molar-refractivity contribution in [2.75, 3.05) is 14.7 Å². The Morgan fingerprint density at radius 1 is 0.615 bits per heavy atom. The fraction of sp³-hybridized carbons (Fsp3) is 0.261. The van der Waals surface area contributed by atoms with Gasteiger partial charge in [-0.05, 0) is 72.2 Å². The molecule has 260 valence electrons. The quantitative estimate of drug-likeness (QED) is 0.163. The normalized spacial score (nSPS) is 16.9. The van der Waals surface area contributed by atoms with E-state index in [-0.39, 0.29) is 12.2 Å². The van der Waals surface area contributed by atoms with E-state index in [4.69, 9.17) is 9.72 Å². The van der Waals surface area contributed by atoms with Gasteiger partial charge >= 0.3 is 5.82 Å². The molecule has 9 rings (SSSR count).